The molecule has 0 aliphatic carbocycles. The number of methoxy groups -OCH3 is 1. The molecule has 0 saturated carbocycles. The summed E-state index contributed by atoms with van der Waals surface area (Å²) >= 11 is 0. The van der Waals surface area contributed by atoms with Crippen molar-refractivity contribution >= 4 is 11.9 Å². The molecule has 6 nitrogen and oxygen atoms in total. The van der Waals surface area contributed by atoms with Crippen molar-refractivity contribution in [3.05, 3.63) is 53.4 Å². The molecular weight excluding hydrogens is 284 g/mol. The van der Waals surface area contributed by atoms with Gasteiger partial charge in [-0.15, -0.1) is 0 Å². The van der Waals surface area contributed by atoms with E-state index in [0.717, 1.165) is 19.2 Å². The highest BCUT2D eigenvalue weighted by atomic mass is 19.1. The van der Waals surface area contributed by atoms with Crippen LogP contribution in [0.4, 0.5) is 8.78 Å². The van der Waals surface area contributed by atoms with Crippen LogP contribution in [0.3, 0.4) is 0 Å². The van der Waals surface area contributed by atoms with E-state index in [2.05, 4.69) is 20.3 Å². The molecule has 0 aliphatic rings. The Labute approximate surface area is 118 Å². The molecule has 0 fully saturated rings. The highest BCUT2D eigenvalue weighted by Crippen LogP contribution is 2.20. The number of hydrogen-bond donors (Lipinski definition) is 2. The van der Waals surface area contributed by atoms with Crippen molar-refractivity contribution in [2.75, 3.05) is 7.11 Å². The van der Waals surface area contributed by atoms with E-state index >= 15 is 0 Å². The van der Waals surface area contributed by atoms with Gasteiger partial charge in [0.15, 0.2) is 6.04 Å². The molecule has 1 heterocycles. The Bertz CT molecular complexity index is 659. The van der Waals surface area contributed by atoms with E-state index in [1.54, 1.807) is 0 Å². The smallest absolute Gasteiger partial charge is 0.333 e. The van der Waals surface area contributed by atoms with E-state index in [4.69, 9.17) is 0 Å². The number of halogens is 2. The van der Waals surface area contributed by atoms with Crippen molar-refractivity contribution in [2.24, 2.45) is 0 Å². The summed E-state index contributed by atoms with van der Waals surface area (Å²) in [6.07, 6.45) is 1.35. The van der Waals surface area contributed by atoms with Gasteiger partial charge < -0.3 is 10.1 Å². The number of carbonyl (C=O) groups excluding carboxylic acids is 2. The normalized spacial score (nSPS) is 11.8. The number of nitrogens with zero attached hydrogens (tertiary/aromatic N) is 1. The number of carbonyl (C=O) groups is 2. The van der Waals surface area contributed by atoms with Crippen LogP contribution < -0.4 is 5.32 Å². The molecule has 0 radical (unpaired) electrons. The van der Waals surface area contributed by atoms with Crippen molar-refractivity contribution in [3.8, 4) is 0 Å². The minimum absolute atomic E-state index is 0.0893. The Morgan fingerprint density at radius 2 is 2.10 bits per heavy atom. The van der Waals surface area contributed by atoms with Gasteiger partial charge in [0.25, 0.3) is 5.91 Å². The molecule has 2 aromatic rings. The molecule has 1 atom stereocenters. The zero-order valence-corrected chi connectivity index (χ0v) is 10.9. The van der Waals surface area contributed by atoms with Gasteiger partial charge in [-0.25, -0.2) is 13.6 Å². The Balaban J connectivity index is 2.30. The summed E-state index contributed by atoms with van der Waals surface area (Å²) in [5.41, 5.74) is -0.109. The summed E-state index contributed by atoms with van der Waals surface area (Å²) in [5, 5.41) is 8.30. The van der Waals surface area contributed by atoms with Gasteiger partial charge in [-0.2, -0.15) is 5.10 Å². The van der Waals surface area contributed by atoms with E-state index in [0.29, 0.717) is 6.07 Å². The van der Waals surface area contributed by atoms with Crippen LogP contribution in [0.25, 0.3) is 0 Å². The number of ether oxygens (including phenoxy) is 1. The quantitative estimate of drug-likeness (QED) is 0.833. The number of amides is 1. The molecule has 0 spiro atoms. The molecule has 1 amide bonds. The fourth-order valence-electron chi connectivity index (χ4n) is 1.71. The fourth-order valence-corrected chi connectivity index (χ4v) is 1.71. The lowest BCUT2D eigenvalue weighted by Crippen LogP contribution is -2.35. The first-order chi connectivity index (χ1) is 10.0. The Hall–Kier alpha value is -2.77. The Morgan fingerprint density at radius 1 is 1.33 bits per heavy atom. The van der Waals surface area contributed by atoms with E-state index < -0.39 is 29.6 Å². The third kappa shape index (κ3) is 3.22. The van der Waals surface area contributed by atoms with Crippen molar-refractivity contribution in [1.29, 1.82) is 0 Å². The van der Waals surface area contributed by atoms with E-state index in [9.17, 15) is 18.4 Å². The summed E-state index contributed by atoms with van der Waals surface area (Å²) in [7, 11) is 1.10. The molecule has 8 heteroatoms. The topological polar surface area (TPSA) is 84.1 Å². The van der Waals surface area contributed by atoms with Crippen molar-refractivity contribution in [1.82, 2.24) is 15.5 Å². The maximum absolute atomic E-state index is 13.8. The molecule has 1 aromatic heterocycles. The summed E-state index contributed by atoms with van der Waals surface area (Å²) in [6.45, 7) is 0. The number of rotatable bonds is 4. The highest BCUT2D eigenvalue weighted by Gasteiger charge is 2.27. The first-order valence-electron chi connectivity index (χ1n) is 5.86. The summed E-state index contributed by atoms with van der Waals surface area (Å²) in [5.74, 6) is -3.31. The van der Waals surface area contributed by atoms with E-state index in [1.807, 2.05) is 0 Å². The predicted octanol–water partition coefficient (Wildman–Crippen LogP) is 1.33. The molecule has 2 N–H and O–H groups in total. The van der Waals surface area contributed by atoms with Crippen LogP contribution in [0.15, 0.2) is 30.5 Å². The largest absolute Gasteiger partial charge is 0.467 e. The number of nitrogens with one attached hydrogen (secondary N) is 2. The molecule has 1 aromatic carbocycles. The first kappa shape index (κ1) is 14.6. The summed E-state index contributed by atoms with van der Waals surface area (Å²) in [6, 6.07) is 2.65. The molecule has 0 saturated heterocycles. The van der Waals surface area contributed by atoms with Gasteiger partial charge in [0.05, 0.1) is 7.11 Å². The average Bonchev–Trinajstić information content (AvgIpc) is 2.98. The SMILES string of the molecule is COC(=O)C(NC(=O)c1ccn[nH]1)c1ccc(F)cc1F. The van der Waals surface area contributed by atoms with Gasteiger partial charge >= 0.3 is 5.97 Å². The number of hydrogen-bond acceptors (Lipinski definition) is 4. The average molecular weight is 295 g/mol. The standard InChI is InChI=1S/C13H11F2N3O3/c1-21-13(20)11(8-3-2-7(14)6-9(8)15)17-12(19)10-4-5-16-18-10/h2-6,11H,1H3,(H,16,18)(H,17,19). The molecule has 0 aliphatic heterocycles. The maximum Gasteiger partial charge on any atom is 0.333 e. The second-order valence-electron chi connectivity index (χ2n) is 4.07. The number of aromatic nitrogens is 2. The van der Waals surface area contributed by atoms with Gasteiger partial charge in [0, 0.05) is 17.8 Å². The molecule has 21 heavy (non-hydrogen) atoms. The van der Waals surface area contributed by atoms with Gasteiger partial charge in [-0.1, -0.05) is 6.07 Å². The van der Waals surface area contributed by atoms with E-state index in [-0.39, 0.29) is 11.3 Å². The van der Waals surface area contributed by atoms with Gasteiger partial charge in [-0.05, 0) is 12.1 Å². The monoisotopic (exact) mass is 295 g/mol. The second kappa shape index (κ2) is 6.12. The zero-order chi connectivity index (χ0) is 15.4. The van der Waals surface area contributed by atoms with Crippen molar-refractivity contribution in [2.45, 2.75) is 6.04 Å². The lowest BCUT2D eigenvalue weighted by Gasteiger charge is -2.17. The Kier molecular flexibility index (Phi) is 4.27. The third-order valence-corrected chi connectivity index (χ3v) is 2.73. The van der Waals surface area contributed by atoms with Crippen molar-refractivity contribution in [3.63, 3.8) is 0 Å². The third-order valence-electron chi connectivity index (χ3n) is 2.73. The minimum atomic E-state index is -1.40. The van der Waals surface area contributed by atoms with Crippen LogP contribution >= 0.6 is 0 Å². The molecule has 0 bridgehead atoms. The number of aromatic amines is 1. The van der Waals surface area contributed by atoms with Gasteiger partial charge in [0.1, 0.15) is 17.3 Å². The number of H-pyrrole nitrogens is 1. The summed E-state index contributed by atoms with van der Waals surface area (Å²) in [4.78, 5) is 23.6. The van der Waals surface area contributed by atoms with Crippen LogP contribution in [-0.4, -0.2) is 29.2 Å². The minimum Gasteiger partial charge on any atom is -0.467 e. The first-order valence-corrected chi connectivity index (χ1v) is 5.86. The molecule has 110 valence electrons. The van der Waals surface area contributed by atoms with Crippen molar-refractivity contribution < 1.29 is 23.1 Å². The zero-order valence-electron chi connectivity index (χ0n) is 10.9. The molecule has 1 unspecified atom stereocenters. The maximum atomic E-state index is 13.8. The Morgan fingerprint density at radius 3 is 2.67 bits per heavy atom. The number of benzene rings is 1. The molecule has 2 rings (SSSR count). The second-order valence-corrected chi connectivity index (χ2v) is 4.07. The van der Waals surface area contributed by atoms with Gasteiger partial charge in [0.2, 0.25) is 0 Å². The fraction of sp³-hybridized carbons (Fsp3) is 0.154. The molecular formula is C13H11F2N3O3. The van der Waals surface area contributed by atoms with Crippen LogP contribution in [0.5, 0.6) is 0 Å². The van der Waals surface area contributed by atoms with Gasteiger partial charge in [-0.3, -0.25) is 9.89 Å². The highest BCUT2D eigenvalue weighted by molar-refractivity contribution is 5.95. The number of esters is 1. The lowest BCUT2D eigenvalue weighted by atomic mass is 10.1. The van der Waals surface area contributed by atoms with Crippen LogP contribution in [-0.2, 0) is 9.53 Å². The van der Waals surface area contributed by atoms with Crippen LogP contribution in [0.2, 0.25) is 0 Å². The van der Waals surface area contributed by atoms with E-state index in [1.165, 1.54) is 12.3 Å². The summed E-state index contributed by atoms with van der Waals surface area (Å²) < 4.78 is 31.2. The predicted molar refractivity (Wildman–Crippen MR) is 67.2 cm³/mol. The van der Waals surface area contributed by atoms with Crippen LogP contribution in [0.1, 0.15) is 22.1 Å². The van der Waals surface area contributed by atoms with Crippen LogP contribution in [0, 0.1) is 11.6 Å². The lowest BCUT2D eigenvalue weighted by molar-refractivity contribution is -0.143.